The quantitative estimate of drug-likeness (QED) is 0.742. The summed E-state index contributed by atoms with van der Waals surface area (Å²) < 4.78 is 9.13. The van der Waals surface area contributed by atoms with Crippen LogP contribution in [0.25, 0.3) is 0 Å². The minimum absolute atomic E-state index is 0.0624. The number of hydrogen-bond donors (Lipinski definition) is 1. The third-order valence-corrected chi connectivity index (χ3v) is 3.13. The monoisotopic (exact) mass is 318 g/mol. The number of nitrogens with one attached hydrogen (secondary N) is 1. The van der Waals surface area contributed by atoms with E-state index < -0.39 is 23.9 Å². The van der Waals surface area contributed by atoms with Gasteiger partial charge in [-0.3, -0.25) is 9.59 Å². The molecule has 0 bridgehead atoms. The number of carbonyl (C=O) groups excluding carboxylic acids is 3. The summed E-state index contributed by atoms with van der Waals surface area (Å²) in [6.07, 6.45) is 0.0863. The molecule has 1 rings (SSSR count). The van der Waals surface area contributed by atoms with Gasteiger partial charge in [0.2, 0.25) is 5.91 Å². The van der Waals surface area contributed by atoms with Crippen molar-refractivity contribution in [3.8, 4) is 6.07 Å². The Morgan fingerprint density at radius 2 is 1.78 bits per heavy atom. The molecule has 1 N–H and O–H groups in total. The predicted octanol–water partition coefficient (Wildman–Crippen LogP) is 0.712. The fourth-order valence-electron chi connectivity index (χ4n) is 1.87. The van der Waals surface area contributed by atoms with Crippen molar-refractivity contribution in [3.63, 3.8) is 0 Å². The molecule has 0 saturated heterocycles. The molecule has 122 valence electrons. The zero-order chi connectivity index (χ0) is 17.2. The maximum absolute atomic E-state index is 11.8. The fourth-order valence-corrected chi connectivity index (χ4v) is 1.87. The maximum atomic E-state index is 11.8. The number of rotatable bonds is 7. The van der Waals surface area contributed by atoms with Crippen molar-refractivity contribution in [1.29, 1.82) is 5.26 Å². The number of ether oxygens (including phenoxy) is 2. The van der Waals surface area contributed by atoms with E-state index in [2.05, 4.69) is 14.8 Å². The molecule has 0 aliphatic carbocycles. The van der Waals surface area contributed by atoms with Crippen molar-refractivity contribution < 1.29 is 23.9 Å². The van der Waals surface area contributed by atoms with Gasteiger partial charge in [-0.15, -0.1) is 0 Å². The topological polar surface area (TPSA) is 105 Å². The molecule has 0 aliphatic rings. The Labute approximate surface area is 134 Å². The van der Waals surface area contributed by atoms with Crippen LogP contribution in [0, 0.1) is 11.3 Å². The van der Waals surface area contributed by atoms with Gasteiger partial charge in [-0.05, 0) is 17.7 Å². The van der Waals surface area contributed by atoms with Gasteiger partial charge in [0.05, 0.1) is 32.3 Å². The van der Waals surface area contributed by atoms with Gasteiger partial charge in [0.1, 0.15) is 6.04 Å². The Kier molecular flexibility index (Phi) is 7.27. The summed E-state index contributed by atoms with van der Waals surface area (Å²) >= 11 is 0. The van der Waals surface area contributed by atoms with Crippen molar-refractivity contribution in [3.05, 3.63) is 35.4 Å². The van der Waals surface area contributed by atoms with Gasteiger partial charge in [-0.25, -0.2) is 4.79 Å². The zero-order valence-electron chi connectivity index (χ0n) is 13.0. The average Bonchev–Trinajstić information content (AvgIpc) is 2.58. The number of carbonyl (C=O) groups is 3. The van der Waals surface area contributed by atoms with E-state index in [0.29, 0.717) is 5.56 Å². The molecule has 0 heterocycles. The van der Waals surface area contributed by atoms with Gasteiger partial charge in [-0.2, -0.15) is 5.26 Å². The van der Waals surface area contributed by atoms with Gasteiger partial charge in [0, 0.05) is 12.8 Å². The third kappa shape index (κ3) is 6.18. The highest BCUT2D eigenvalue weighted by Gasteiger charge is 2.22. The summed E-state index contributed by atoms with van der Waals surface area (Å²) in [7, 11) is 2.47. The summed E-state index contributed by atoms with van der Waals surface area (Å²) in [5.41, 5.74) is 1.28. The van der Waals surface area contributed by atoms with Crippen molar-refractivity contribution in [2.75, 3.05) is 14.2 Å². The van der Waals surface area contributed by atoms with E-state index in [1.807, 2.05) is 6.07 Å². The molecule has 0 fully saturated rings. The number of nitriles is 1. The van der Waals surface area contributed by atoms with E-state index in [0.717, 1.165) is 5.56 Å². The Hall–Kier alpha value is -2.88. The Morgan fingerprint density at radius 3 is 2.30 bits per heavy atom. The minimum Gasteiger partial charge on any atom is -0.469 e. The van der Waals surface area contributed by atoms with Crippen LogP contribution < -0.4 is 5.32 Å². The lowest BCUT2D eigenvalue weighted by Crippen LogP contribution is -2.43. The van der Waals surface area contributed by atoms with Crippen molar-refractivity contribution in [2.24, 2.45) is 0 Å². The van der Waals surface area contributed by atoms with Crippen LogP contribution in [-0.4, -0.2) is 38.1 Å². The van der Waals surface area contributed by atoms with Crippen LogP contribution in [0.2, 0.25) is 0 Å². The molecule has 0 aliphatic heterocycles. The van der Waals surface area contributed by atoms with Gasteiger partial charge in [0.15, 0.2) is 0 Å². The SMILES string of the molecule is COC(=O)CCC(=O)N[C@@H](Cc1ccc(C#N)cc1)C(=O)OC. The standard InChI is InChI=1S/C16H18N2O5/c1-22-15(20)8-7-14(19)18-13(16(21)23-2)9-11-3-5-12(10-17)6-4-11/h3-6,13H,7-9H2,1-2H3,(H,18,19)/t13-/m0/s1. The first-order valence-corrected chi connectivity index (χ1v) is 6.93. The third-order valence-electron chi connectivity index (χ3n) is 3.13. The highest BCUT2D eigenvalue weighted by atomic mass is 16.5. The lowest BCUT2D eigenvalue weighted by Gasteiger charge is -2.16. The van der Waals surface area contributed by atoms with Crippen LogP contribution in [0.1, 0.15) is 24.0 Å². The highest BCUT2D eigenvalue weighted by molar-refractivity contribution is 5.86. The van der Waals surface area contributed by atoms with Gasteiger partial charge in [0.25, 0.3) is 0 Å². The predicted molar refractivity (Wildman–Crippen MR) is 80.1 cm³/mol. The second kappa shape index (κ2) is 9.20. The smallest absolute Gasteiger partial charge is 0.328 e. The van der Waals surface area contributed by atoms with E-state index in [4.69, 9.17) is 5.26 Å². The van der Waals surface area contributed by atoms with Crippen molar-refractivity contribution in [2.45, 2.75) is 25.3 Å². The van der Waals surface area contributed by atoms with Crippen LogP contribution in [0.15, 0.2) is 24.3 Å². The van der Waals surface area contributed by atoms with E-state index in [1.54, 1.807) is 24.3 Å². The normalized spacial score (nSPS) is 11.0. The Balaban J connectivity index is 2.68. The van der Waals surface area contributed by atoms with Crippen LogP contribution in [0.4, 0.5) is 0 Å². The zero-order valence-corrected chi connectivity index (χ0v) is 13.0. The summed E-state index contributed by atoms with van der Waals surface area (Å²) in [5, 5.41) is 11.3. The van der Waals surface area contributed by atoms with Gasteiger partial charge in [-0.1, -0.05) is 12.1 Å². The first kappa shape index (κ1) is 18.2. The lowest BCUT2D eigenvalue weighted by atomic mass is 10.0. The molecule has 0 unspecified atom stereocenters. The lowest BCUT2D eigenvalue weighted by molar-refractivity contribution is -0.145. The second-order valence-corrected chi connectivity index (χ2v) is 4.73. The molecular formula is C16H18N2O5. The van der Waals surface area contributed by atoms with E-state index in [-0.39, 0.29) is 19.3 Å². The summed E-state index contributed by atoms with van der Waals surface area (Å²) in [6, 6.07) is 7.80. The average molecular weight is 318 g/mol. The first-order chi connectivity index (χ1) is 11.0. The first-order valence-electron chi connectivity index (χ1n) is 6.93. The highest BCUT2D eigenvalue weighted by Crippen LogP contribution is 2.08. The molecule has 23 heavy (non-hydrogen) atoms. The Morgan fingerprint density at radius 1 is 1.13 bits per heavy atom. The number of benzene rings is 1. The number of hydrogen-bond acceptors (Lipinski definition) is 6. The van der Waals surface area contributed by atoms with Crippen LogP contribution in [-0.2, 0) is 30.3 Å². The summed E-state index contributed by atoms with van der Waals surface area (Å²) in [4.78, 5) is 34.6. The van der Waals surface area contributed by atoms with E-state index >= 15 is 0 Å². The molecule has 0 radical (unpaired) electrons. The molecule has 1 aromatic rings. The van der Waals surface area contributed by atoms with Crippen LogP contribution in [0.5, 0.6) is 0 Å². The number of nitrogens with zero attached hydrogens (tertiary/aromatic N) is 1. The number of esters is 2. The number of amides is 1. The molecular weight excluding hydrogens is 300 g/mol. The van der Waals surface area contributed by atoms with Crippen molar-refractivity contribution >= 4 is 17.8 Å². The summed E-state index contributed by atoms with van der Waals surface area (Å²) in [6.45, 7) is 0. The molecule has 1 amide bonds. The van der Waals surface area contributed by atoms with Crippen molar-refractivity contribution in [1.82, 2.24) is 5.32 Å². The van der Waals surface area contributed by atoms with E-state index in [9.17, 15) is 14.4 Å². The molecule has 7 heteroatoms. The van der Waals surface area contributed by atoms with E-state index in [1.165, 1.54) is 14.2 Å². The van der Waals surface area contributed by atoms with Crippen LogP contribution >= 0.6 is 0 Å². The van der Waals surface area contributed by atoms with Crippen LogP contribution in [0.3, 0.4) is 0 Å². The Bertz CT molecular complexity index is 604. The number of methoxy groups -OCH3 is 2. The summed E-state index contributed by atoms with van der Waals surface area (Å²) in [5.74, 6) is -1.53. The van der Waals surface area contributed by atoms with Gasteiger partial charge >= 0.3 is 11.9 Å². The second-order valence-electron chi connectivity index (χ2n) is 4.73. The molecule has 0 saturated carbocycles. The minimum atomic E-state index is -0.863. The molecule has 1 aromatic carbocycles. The largest absolute Gasteiger partial charge is 0.469 e. The molecule has 0 aromatic heterocycles. The fraction of sp³-hybridized carbons (Fsp3) is 0.375. The maximum Gasteiger partial charge on any atom is 0.328 e. The molecule has 1 atom stereocenters. The molecule has 0 spiro atoms. The van der Waals surface area contributed by atoms with Gasteiger partial charge < -0.3 is 14.8 Å². The molecule has 7 nitrogen and oxygen atoms in total.